The molecule has 2 amide bonds. The molecule has 3 aromatic carbocycles. The Morgan fingerprint density at radius 3 is 2.38 bits per heavy atom. The molecule has 0 radical (unpaired) electrons. The van der Waals surface area contributed by atoms with E-state index < -0.39 is 11.5 Å². The lowest BCUT2D eigenvalue weighted by molar-refractivity contribution is -0.137. The number of aromatic nitrogens is 2. The average Bonchev–Trinajstić information content (AvgIpc) is 3.85. The van der Waals surface area contributed by atoms with Gasteiger partial charge >= 0.3 is 11.5 Å². The number of unbranched alkanes of at least 4 members (excludes halogenated alkanes) is 2. The van der Waals surface area contributed by atoms with E-state index >= 15 is 0 Å². The number of rotatable bonds is 21. The number of thioether (sulfide) groups is 1. The van der Waals surface area contributed by atoms with Crippen molar-refractivity contribution in [1.82, 2.24) is 29.4 Å². The van der Waals surface area contributed by atoms with Gasteiger partial charge in [-0.05, 0) is 146 Å². The minimum atomic E-state index is -4.42. The van der Waals surface area contributed by atoms with Crippen molar-refractivity contribution in [3.05, 3.63) is 107 Å². The number of ether oxygens (including phenoxy) is 1. The van der Waals surface area contributed by atoms with E-state index in [4.69, 9.17) is 21.4 Å². The SMILES string of the molecule is Cc1ccc(N2CCN(CC3=C(c4ccc(Cl)cc4)CC(C)(C)CC3)CC2)cc1Oc1cnc2[nH]ccc2c1.O=CNSc1ccc(NCCCN2CCN(C(=O)CCCCCC(=O)O)CC2)c(SC(F)(F)F)c1. The Morgan fingerprint density at radius 1 is 0.905 bits per heavy atom. The topological polar surface area (TPSA) is 146 Å². The van der Waals surface area contributed by atoms with Gasteiger partial charge in [0.1, 0.15) is 17.1 Å². The van der Waals surface area contributed by atoms with Crippen LogP contribution in [-0.2, 0) is 14.4 Å². The molecule has 398 valence electrons. The van der Waals surface area contributed by atoms with Crippen LogP contribution in [-0.4, -0.2) is 126 Å². The zero-order chi connectivity index (χ0) is 52.7. The van der Waals surface area contributed by atoms with Crippen molar-refractivity contribution < 1.29 is 37.4 Å². The normalized spacial score (nSPS) is 16.4. The number of hydrogen-bond acceptors (Lipinski definition) is 11. The third kappa shape index (κ3) is 17.3. The van der Waals surface area contributed by atoms with Crippen molar-refractivity contribution in [2.24, 2.45) is 5.41 Å². The van der Waals surface area contributed by atoms with Crippen LogP contribution >= 0.6 is 35.3 Å². The molecule has 0 spiro atoms. The number of benzene rings is 3. The molecule has 19 heteroatoms. The van der Waals surface area contributed by atoms with Crippen LogP contribution in [0.3, 0.4) is 0 Å². The second-order valence-corrected chi connectivity index (χ2v) is 22.3. The summed E-state index contributed by atoms with van der Waals surface area (Å²) in [6.45, 7) is 16.1. The van der Waals surface area contributed by atoms with Crippen molar-refractivity contribution in [3.63, 3.8) is 0 Å². The third-order valence-corrected chi connectivity index (χ3v) is 15.4. The maximum atomic E-state index is 13.0. The van der Waals surface area contributed by atoms with Gasteiger partial charge in [-0.1, -0.05) is 55.6 Å². The zero-order valence-electron chi connectivity index (χ0n) is 42.4. The Balaban J connectivity index is 0.000000218. The number of nitrogens with one attached hydrogen (secondary N) is 3. The van der Waals surface area contributed by atoms with Crippen LogP contribution in [0, 0.1) is 12.3 Å². The highest BCUT2D eigenvalue weighted by Crippen LogP contribution is 2.44. The number of amides is 2. The maximum absolute atomic E-state index is 13.0. The number of piperazine rings is 2. The van der Waals surface area contributed by atoms with Crippen LogP contribution in [0.15, 0.2) is 101 Å². The van der Waals surface area contributed by atoms with E-state index in [1.807, 2.05) is 35.4 Å². The van der Waals surface area contributed by atoms with Crippen LogP contribution in [0.25, 0.3) is 16.6 Å². The summed E-state index contributed by atoms with van der Waals surface area (Å²) >= 11 is 6.95. The number of fused-ring (bicyclic) bond motifs is 1. The Labute approximate surface area is 446 Å². The van der Waals surface area contributed by atoms with Crippen molar-refractivity contribution in [2.45, 2.75) is 93.9 Å². The van der Waals surface area contributed by atoms with Crippen LogP contribution < -0.4 is 19.7 Å². The molecule has 8 rings (SSSR count). The number of alkyl halides is 3. The number of H-pyrrole nitrogens is 1. The van der Waals surface area contributed by atoms with E-state index in [0.717, 1.165) is 117 Å². The average molecular weight is 1080 g/mol. The number of aryl methyl sites for hydroxylation is 1. The first-order valence-electron chi connectivity index (χ1n) is 25.4. The molecule has 2 saturated heterocycles. The molecule has 5 aromatic rings. The van der Waals surface area contributed by atoms with Gasteiger partial charge in [0.2, 0.25) is 12.3 Å². The number of aromatic amines is 1. The number of allylic oxidation sites excluding steroid dienone is 1. The zero-order valence-corrected chi connectivity index (χ0v) is 44.8. The number of halogens is 4. The Kier molecular flexibility index (Phi) is 20.5. The molecule has 0 bridgehead atoms. The van der Waals surface area contributed by atoms with Gasteiger partial charge in [-0.15, -0.1) is 0 Å². The predicted molar refractivity (Wildman–Crippen MR) is 292 cm³/mol. The number of pyridine rings is 1. The summed E-state index contributed by atoms with van der Waals surface area (Å²) in [4.78, 5) is 50.6. The summed E-state index contributed by atoms with van der Waals surface area (Å²) in [7, 11) is 0. The Hall–Kier alpha value is -5.40. The molecule has 2 fully saturated rings. The number of nitrogens with zero attached hydrogens (tertiary/aromatic N) is 5. The van der Waals surface area contributed by atoms with Gasteiger partial charge in [0.25, 0.3) is 0 Å². The lowest BCUT2D eigenvalue weighted by Crippen LogP contribution is -2.48. The second-order valence-electron chi connectivity index (χ2n) is 19.8. The number of hydrogen-bond donors (Lipinski definition) is 4. The van der Waals surface area contributed by atoms with E-state index in [1.165, 1.54) is 35.7 Å². The first kappa shape index (κ1) is 56.3. The highest BCUT2D eigenvalue weighted by molar-refractivity contribution is 8.00. The first-order chi connectivity index (χ1) is 35.5. The molecule has 1 aliphatic carbocycles. The van der Waals surface area contributed by atoms with Crippen molar-refractivity contribution in [3.8, 4) is 11.5 Å². The van der Waals surface area contributed by atoms with Gasteiger partial charge in [-0.25, -0.2) is 4.98 Å². The largest absolute Gasteiger partial charge is 0.481 e. The van der Waals surface area contributed by atoms with Gasteiger partial charge in [0, 0.05) is 122 Å². The van der Waals surface area contributed by atoms with Crippen LogP contribution in [0.2, 0.25) is 5.02 Å². The molecule has 0 unspecified atom stereocenters. The summed E-state index contributed by atoms with van der Waals surface area (Å²) in [6, 6.07) is 23.7. The van der Waals surface area contributed by atoms with Crippen LogP contribution in [0.4, 0.5) is 24.5 Å². The molecule has 2 aliphatic heterocycles. The summed E-state index contributed by atoms with van der Waals surface area (Å²) < 4.78 is 47.5. The van der Waals surface area contributed by atoms with E-state index in [-0.39, 0.29) is 29.0 Å². The molecule has 2 aromatic heterocycles. The van der Waals surface area contributed by atoms with E-state index in [9.17, 15) is 27.6 Å². The first-order valence-corrected chi connectivity index (χ1v) is 27.4. The number of anilines is 2. The molecule has 13 nitrogen and oxygen atoms in total. The lowest BCUT2D eigenvalue weighted by Gasteiger charge is -2.39. The highest BCUT2D eigenvalue weighted by atomic mass is 35.5. The predicted octanol–water partition coefficient (Wildman–Crippen LogP) is 12.1. The van der Waals surface area contributed by atoms with Crippen molar-refractivity contribution in [1.29, 1.82) is 0 Å². The molecular weight excluding hydrogens is 1010 g/mol. The minimum Gasteiger partial charge on any atom is -0.481 e. The molecular formula is C55H68ClF3N8O5S2. The smallest absolute Gasteiger partial charge is 0.446 e. The molecule has 4 N–H and O–H groups in total. The molecule has 74 heavy (non-hydrogen) atoms. The number of carbonyl (C=O) groups excluding carboxylic acids is 2. The summed E-state index contributed by atoms with van der Waals surface area (Å²) in [5.41, 5.74) is 3.97. The lowest BCUT2D eigenvalue weighted by atomic mass is 9.72. The fraction of sp³-hybridized carbons (Fsp3) is 0.455. The quantitative estimate of drug-likeness (QED) is 0.0240. The second kappa shape index (κ2) is 26.9. The monoisotopic (exact) mass is 1080 g/mol. The van der Waals surface area contributed by atoms with Crippen LogP contribution in [0.1, 0.15) is 82.8 Å². The van der Waals surface area contributed by atoms with Crippen molar-refractivity contribution >= 4 is 81.6 Å². The minimum absolute atomic E-state index is 0.0466. The highest BCUT2D eigenvalue weighted by Gasteiger charge is 2.32. The number of carboxylic acid groups (broad SMARTS) is 1. The van der Waals surface area contributed by atoms with E-state index in [2.05, 4.69) is 85.8 Å². The fourth-order valence-electron chi connectivity index (χ4n) is 9.54. The van der Waals surface area contributed by atoms with E-state index in [1.54, 1.807) is 23.9 Å². The fourth-order valence-corrected chi connectivity index (χ4v) is 10.9. The number of carbonyl (C=O) groups is 3. The number of aliphatic carboxylic acids is 1. The summed E-state index contributed by atoms with van der Waals surface area (Å²) in [6.07, 6.45) is 11.0. The van der Waals surface area contributed by atoms with Crippen LogP contribution in [0.5, 0.6) is 11.5 Å². The van der Waals surface area contributed by atoms with E-state index in [0.29, 0.717) is 61.3 Å². The molecule has 0 saturated carbocycles. The molecule has 4 heterocycles. The number of carboxylic acids is 1. The standard InChI is InChI=1S/C33H37ClN4O.C22H31F3N4O4S2/c1-23-4-9-28(19-31(23)39-29-18-25-11-13-35-32(25)36-21-29)38-16-14-37(15-17-38)22-26-10-12-33(2,3)20-30(26)24-5-7-27(34)8-6-24;23-22(24,25)34-19-15-17(35-27-16-30)7-8-18(19)26-9-4-10-28-11-13-29(14-12-28)20(31)5-2-1-3-6-21(32)33/h4-9,11,13,18-19,21H,10,12,14-17,20,22H2,1-3H3,(H,35,36);7-8,15-16,26H,1-6,9-14H2,(H,27,30)(H,32,33). The van der Waals surface area contributed by atoms with Gasteiger partial charge < -0.3 is 29.9 Å². The van der Waals surface area contributed by atoms with Gasteiger partial charge in [-0.2, -0.15) is 13.2 Å². The van der Waals surface area contributed by atoms with Gasteiger partial charge in [0.15, 0.2) is 0 Å². The Morgan fingerprint density at radius 2 is 1.65 bits per heavy atom. The third-order valence-electron chi connectivity index (χ3n) is 13.7. The maximum Gasteiger partial charge on any atom is 0.446 e. The summed E-state index contributed by atoms with van der Waals surface area (Å²) in [5.74, 6) is 0.923. The van der Waals surface area contributed by atoms with Gasteiger partial charge in [0.05, 0.1) is 6.20 Å². The van der Waals surface area contributed by atoms with Crippen molar-refractivity contribution in [2.75, 3.05) is 82.2 Å². The van der Waals surface area contributed by atoms with Gasteiger partial charge in [-0.3, -0.25) is 28.9 Å². The molecule has 0 atom stereocenters. The summed E-state index contributed by atoms with van der Waals surface area (Å²) in [5, 5.41) is 13.6. The molecule has 3 aliphatic rings. The Bertz CT molecular complexity index is 2690.